The Kier molecular flexibility index (Phi) is 3.94. The Morgan fingerprint density at radius 1 is 1.27 bits per heavy atom. The van der Waals surface area contributed by atoms with Crippen LogP contribution in [0.4, 0.5) is 0 Å². The Balaban J connectivity index is 3.05. The lowest BCUT2D eigenvalue weighted by Gasteiger charge is -2.02. The van der Waals surface area contributed by atoms with Crippen molar-refractivity contribution in [1.29, 1.82) is 0 Å². The van der Waals surface area contributed by atoms with E-state index in [1.165, 1.54) is 6.21 Å². The summed E-state index contributed by atoms with van der Waals surface area (Å²) in [6, 6.07) is 3.56. The molecule has 0 aliphatic heterocycles. The van der Waals surface area contributed by atoms with Crippen LogP contribution < -0.4 is 11.5 Å². The molecule has 0 amide bonds. The van der Waals surface area contributed by atoms with Gasteiger partial charge in [-0.05, 0) is 24.6 Å². The van der Waals surface area contributed by atoms with E-state index in [2.05, 4.69) is 10.2 Å². The second-order valence-corrected chi connectivity index (χ2v) is 3.73. The lowest BCUT2D eigenvalue weighted by Crippen LogP contribution is -2.21. The number of nitrogens with zero attached hydrogens (tertiary/aromatic N) is 2. The zero-order chi connectivity index (χ0) is 11.4. The van der Waals surface area contributed by atoms with E-state index in [0.717, 1.165) is 5.56 Å². The first-order chi connectivity index (χ1) is 7.00. The quantitative estimate of drug-likeness (QED) is 0.474. The molecule has 0 fully saturated rings. The Morgan fingerprint density at radius 2 is 1.80 bits per heavy atom. The summed E-state index contributed by atoms with van der Waals surface area (Å²) in [5.74, 6) is -0.120. The molecule has 0 radical (unpaired) electrons. The number of rotatable bonds is 2. The maximum absolute atomic E-state index is 5.96. The molecule has 1 aromatic rings. The van der Waals surface area contributed by atoms with Gasteiger partial charge in [0.25, 0.3) is 0 Å². The van der Waals surface area contributed by atoms with Crippen molar-refractivity contribution < 1.29 is 0 Å². The molecule has 0 heterocycles. The molecule has 1 rings (SSSR count). The van der Waals surface area contributed by atoms with Gasteiger partial charge in [0.05, 0.1) is 16.3 Å². The summed E-state index contributed by atoms with van der Waals surface area (Å²) >= 11 is 11.9. The first-order valence-electron chi connectivity index (χ1n) is 4.08. The molecule has 0 aromatic heterocycles. The first kappa shape index (κ1) is 11.8. The summed E-state index contributed by atoms with van der Waals surface area (Å²) in [6.45, 7) is 1.90. The number of hydrogen-bond donors (Lipinski definition) is 2. The molecule has 0 bridgehead atoms. The highest BCUT2D eigenvalue weighted by Gasteiger charge is 2.03. The second kappa shape index (κ2) is 5.00. The van der Waals surface area contributed by atoms with Crippen molar-refractivity contribution in [2.24, 2.45) is 21.7 Å². The first-order valence-corrected chi connectivity index (χ1v) is 4.84. The molecule has 0 atom stereocenters. The predicted octanol–water partition coefficient (Wildman–Crippen LogP) is 1.91. The highest BCUT2D eigenvalue weighted by Crippen LogP contribution is 2.24. The van der Waals surface area contributed by atoms with Crippen LogP contribution in [-0.2, 0) is 0 Å². The van der Waals surface area contributed by atoms with E-state index in [-0.39, 0.29) is 5.96 Å². The summed E-state index contributed by atoms with van der Waals surface area (Å²) in [5, 5.41) is 8.10. The van der Waals surface area contributed by atoms with Crippen LogP contribution in [0.1, 0.15) is 11.1 Å². The Labute approximate surface area is 97.6 Å². The van der Waals surface area contributed by atoms with Crippen molar-refractivity contribution in [2.75, 3.05) is 0 Å². The van der Waals surface area contributed by atoms with Crippen molar-refractivity contribution in [1.82, 2.24) is 0 Å². The van der Waals surface area contributed by atoms with Gasteiger partial charge in [-0.1, -0.05) is 23.2 Å². The normalized spacial score (nSPS) is 10.6. The smallest absolute Gasteiger partial charge is 0.211 e. The summed E-state index contributed by atoms with van der Waals surface area (Å²) < 4.78 is 0. The number of benzene rings is 1. The van der Waals surface area contributed by atoms with E-state index in [0.29, 0.717) is 15.6 Å². The number of halogens is 2. The van der Waals surface area contributed by atoms with Gasteiger partial charge in [0.2, 0.25) is 5.96 Å². The van der Waals surface area contributed by atoms with E-state index in [1.54, 1.807) is 12.1 Å². The van der Waals surface area contributed by atoms with Crippen LogP contribution in [-0.4, -0.2) is 12.2 Å². The molecule has 0 unspecified atom stereocenters. The average Bonchev–Trinajstić information content (AvgIpc) is 2.08. The van der Waals surface area contributed by atoms with E-state index < -0.39 is 0 Å². The highest BCUT2D eigenvalue weighted by atomic mass is 35.5. The third kappa shape index (κ3) is 3.42. The van der Waals surface area contributed by atoms with Crippen LogP contribution in [0, 0.1) is 6.92 Å². The van der Waals surface area contributed by atoms with Gasteiger partial charge in [-0.3, -0.25) is 0 Å². The average molecular weight is 245 g/mol. The summed E-state index contributed by atoms with van der Waals surface area (Å²) in [4.78, 5) is 0. The van der Waals surface area contributed by atoms with Crippen LogP contribution in [0.3, 0.4) is 0 Å². The number of nitrogens with two attached hydrogens (primary N) is 2. The summed E-state index contributed by atoms with van der Waals surface area (Å²) in [7, 11) is 0. The van der Waals surface area contributed by atoms with E-state index in [4.69, 9.17) is 34.7 Å². The maximum atomic E-state index is 5.96. The minimum atomic E-state index is -0.120. The molecule has 15 heavy (non-hydrogen) atoms. The fourth-order valence-corrected chi connectivity index (χ4v) is 1.68. The minimum absolute atomic E-state index is 0.120. The molecule has 0 spiro atoms. The van der Waals surface area contributed by atoms with Gasteiger partial charge in [0.1, 0.15) is 0 Å². The van der Waals surface area contributed by atoms with Gasteiger partial charge in [-0.2, -0.15) is 5.10 Å². The second-order valence-electron chi connectivity index (χ2n) is 2.91. The van der Waals surface area contributed by atoms with Crippen molar-refractivity contribution >= 4 is 35.4 Å². The van der Waals surface area contributed by atoms with Crippen molar-refractivity contribution in [2.45, 2.75) is 6.92 Å². The zero-order valence-electron chi connectivity index (χ0n) is 8.04. The molecule has 4 N–H and O–H groups in total. The molecule has 4 nitrogen and oxygen atoms in total. The third-order valence-electron chi connectivity index (χ3n) is 1.58. The van der Waals surface area contributed by atoms with Crippen molar-refractivity contribution in [3.63, 3.8) is 0 Å². The summed E-state index contributed by atoms with van der Waals surface area (Å²) in [6.07, 6.45) is 1.41. The molecule has 80 valence electrons. The molecule has 0 aliphatic carbocycles. The molecular formula is C9H10Cl2N4. The van der Waals surface area contributed by atoms with E-state index in [1.807, 2.05) is 6.92 Å². The topological polar surface area (TPSA) is 76.8 Å². The number of hydrogen-bond acceptors (Lipinski definition) is 2. The lowest BCUT2D eigenvalue weighted by atomic mass is 10.2. The van der Waals surface area contributed by atoms with E-state index in [9.17, 15) is 0 Å². The van der Waals surface area contributed by atoms with Crippen molar-refractivity contribution in [3.8, 4) is 0 Å². The minimum Gasteiger partial charge on any atom is -0.369 e. The largest absolute Gasteiger partial charge is 0.369 e. The van der Waals surface area contributed by atoms with Gasteiger partial charge in [0, 0.05) is 5.56 Å². The summed E-state index contributed by atoms with van der Waals surface area (Å²) in [5.41, 5.74) is 11.8. The Morgan fingerprint density at radius 3 is 2.27 bits per heavy atom. The van der Waals surface area contributed by atoms with Gasteiger partial charge < -0.3 is 11.5 Å². The van der Waals surface area contributed by atoms with Gasteiger partial charge in [-0.25, -0.2) is 0 Å². The third-order valence-corrected chi connectivity index (χ3v) is 2.21. The molecule has 6 heteroatoms. The zero-order valence-corrected chi connectivity index (χ0v) is 9.55. The van der Waals surface area contributed by atoms with Gasteiger partial charge in [-0.15, -0.1) is 5.10 Å². The van der Waals surface area contributed by atoms with Crippen LogP contribution >= 0.6 is 23.2 Å². The number of guanidine groups is 1. The highest BCUT2D eigenvalue weighted by molar-refractivity contribution is 6.38. The molecule has 0 saturated heterocycles. The fraction of sp³-hybridized carbons (Fsp3) is 0.111. The monoisotopic (exact) mass is 244 g/mol. The molecule has 0 aliphatic rings. The number of aryl methyl sites for hydroxylation is 1. The molecule has 1 aromatic carbocycles. The van der Waals surface area contributed by atoms with Gasteiger partial charge in [0.15, 0.2) is 0 Å². The standard InChI is InChI=1S/C9H10Cl2N4/c1-5-2-7(10)6(8(11)3-5)4-14-15-9(12)13/h2-4H,1H3,(H4,12,13,15)/b14-4+. The van der Waals surface area contributed by atoms with Crippen LogP contribution in [0.5, 0.6) is 0 Å². The van der Waals surface area contributed by atoms with Crippen LogP contribution in [0.15, 0.2) is 22.3 Å². The van der Waals surface area contributed by atoms with Crippen LogP contribution in [0.25, 0.3) is 0 Å². The van der Waals surface area contributed by atoms with Crippen molar-refractivity contribution in [3.05, 3.63) is 33.3 Å². The van der Waals surface area contributed by atoms with Crippen LogP contribution in [0.2, 0.25) is 10.0 Å². The molecular weight excluding hydrogens is 235 g/mol. The lowest BCUT2D eigenvalue weighted by molar-refractivity contribution is 1.21. The maximum Gasteiger partial charge on any atom is 0.211 e. The molecule has 0 saturated carbocycles. The Bertz CT molecular complexity index is 399. The SMILES string of the molecule is Cc1cc(Cl)c(/C=N/N=C(N)N)c(Cl)c1. The van der Waals surface area contributed by atoms with E-state index >= 15 is 0 Å². The fourth-order valence-electron chi connectivity index (χ4n) is 0.988. The van der Waals surface area contributed by atoms with Gasteiger partial charge >= 0.3 is 0 Å². The Hall–Kier alpha value is -1.26. The predicted molar refractivity (Wildman–Crippen MR) is 64.6 cm³/mol.